The molecule has 6 heteroatoms. The Bertz CT molecular complexity index is 528. The Kier molecular flexibility index (Phi) is 6.81. The summed E-state index contributed by atoms with van der Waals surface area (Å²) in [6, 6.07) is 9.82. The summed E-state index contributed by atoms with van der Waals surface area (Å²) in [6.45, 7) is 11.5. The molecule has 4 atom stereocenters. The molecule has 0 unspecified atom stereocenters. The van der Waals surface area contributed by atoms with Crippen LogP contribution in [0.4, 0.5) is 0 Å². The van der Waals surface area contributed by atoms with Crippen LogP contribution in [0.2, 0.25) is 18.1 Å². The van der Waals surface area contributed by atoms with Gasteiger partial charge >= 0.3 is 0 Å². The molecule has 1 aliphatic heterocycles. The molecule has 1 saturated heterocycles. The Morgan fingerprint density at radius 3 is 2.40 bits per heavy atom. The van der Waals surface area contributed by atoms with Gasteiger partial charge in [0.05, 0.1) is 19.3 Å². The summed E-state index contributed by atoms with van der Waals surface area (Å²) in [6.07, 6.45) is -2.71. The summed E-state index contributed by atoms with van der Waals surface area (Å²) in [5.74, 6) is 0. The zero-order valence-corrected chi connectivity index (χ0v) is 16.9. The lowest BCUT2D eigenvalue weighted by molar-refractivity contribution is -0.259. The molecular formula is C19H32O5Si. The highest BCUT2D eigenvalue weighted by Crippen LogP contribution is 2.37. The maximum atomic E-state index is 10.2. The minimum absolute atomic E-state index is 0.0778. The quantitative estimate of drug-likeness (QED) is 0.756. The number of hydrogen-bond acceptors (Lipinski definition) is 5. The third kappa shape index (κ3) is 5.61. The van der Waals surface area contributed by atoms with Crippen molar-refractivity contribution < 1.29 is 24.1 Å². The molecular weight excluding hydrogens is 336 g/mol. The van der Waals surface area contributed by atoms with E-state index in [1.165, 1.54) is 0 Å². The minimum atomic E-state index is -1.95. The molecule has 2 N–H and O–H groups in total. The molecule has 0 aliphatic carbocycles. The summed E-state index contributed by atoms with van der Waals surface area (Å²) in [5.41, 5.74) is 1.04. The van der Waals surface area contributed by atoms with Gasteiger partial charge in [-0.15, -0.1) is 0 Å². The van der Waals surface area contributed by atoms with E-state index in [2.05, 4.69) is 33.9 Å². The number of aliphatic hydroxyl groups excluding tert-OH is 2. The Hall–Kier alpha value is -0.763. The Morgan fingerprint density at radius 1 is 1.16 bits per heavy atom. The van der Waals surface area contributed by atoms with Gasteiger partial charge < -0.3 is 24.1 Å². The number of rotatable bonds is 6. The molecule has 5 nitrogen and oxygen atoms in total. The predicted molar refractivity (Wildman–Crippen MR) is 99.7 cm³/mol. The van der Waals surface area contributed by atoms with E-state index in [1.807, 2.05) is 30.3 Å². The number of aliphatic hydroxyl groups is 2. The fourth-order valence-corrected chi connectivity index (χ4v) is 3.44. The van der Waals surface area contributed by atoms with Gasteiger partial charge in [-0.05, 0) is 23.7 Å². The summed E-state index contributed by atoms with van der Waals surface area (Å²) in [5, 5.41) is 20.5. The van der Waals surface area contributed by atoms with Gasteiger partial charge in [0, 0.05) is 6.42 Å². The molecule has 0 saturated carbocycles. The Balaban J connectivity index is 1.91. The van der Waals surface area contributed by atoms with E-state index in [-0.39, 0.29) is 18.1 Å². The maximum Gasteiger partial charge on any atom is 0.192 e. The van der Waals surface area contributed by atoms with Gasteiger partial charge in [-0.1, -0.05) is 51.1 Å². The highest BCUT2D eigenvalue weighted by molar-refractivity contribution is 6.74. The molecule has 142 valence electrons. The minimum Gasteiger partial charge on any atom is -0.414 e. The van der Waals surface area contributed by atoms with Gasteiger partial charge in [0.25, 0.3) is 0 Å². The van der Waals surface area contributed by atoms with Crippen LogP contribution < -0.4 is 0 Å². The van der Waals surface area contributed by atoms with Gasteiger partial charge in [-0.25, -0.2) is 0 Å². The first-order chi connectivity index (χ1) is 11.6. The maximum absolute atomic E-state index is 10.2. The van der Waals surface area contributed by atoms with Crippen LogP contribution in [0.5, 0.6) is 0 Å². The van der Waals surface area contributed by atoms with Crippen LogP contribution in [0.15, 0.2) is 30.3 Å². The number of hydrogen-bond donors (Lipinski definition) is 2. The fourth-order valence-electron chi connectivity index (χ4n) is 2.43. The average Bonchev–Trinajstić information content (AvgIpc) is 2.54. The monoisotopic (exact) mass is 368 g/mol. The van der Waals surface area contributed by atoms with E-state index in [1.54, 1.807) is 0 Å². The van der Waals surface area contributed by atoms with E-state index in [4.69, 9.17) is 13.9 Å². The number of ether oxygens (including phenoxy) is 2. The van der Waals surface area contributed by atoms with Crippen molar-refractivity contribution in [2.45, 2.75) is 76.5 Å². The molecule has 1 fully saturated rings. The highest BCUT2D eigenvalue weighted by atomic mass is 28.4. The van der Waals surface area contributed by atoms with Crippen molar-refractivity contribution in [1.29, 1.82) is 0 Å². The van der Waals surface area contributed by atoms with Crippen molar-refractivity contribution in [2.24, 2.45) is 0 Å². The second-order valence-electron chi connectivity index (χ2n) is 8.27. The lowest BCUT2D eigenvalue weighted by atomic mass is 10.0. The molecule has 0 amide bonds. The van der Waals surface area contributed by atoms with E-state index in [0.717, 1.165) is 5.56 Å². The van der Waals surface area contributed by atoms with Crippen LogP contribution >= 0.6 is 0 Å². The lowest BCUT2D eigenvalue weighted by Crippen LogP contribution is -2.53. The van der Waals surface area contributed by atoms with Crippen LogP contribution in [0, 0.1) is 0 Å². The predicted octanol–water partition coefficient (Wildman–Crippen LogP) is 3.06. The molecule has 25 heavy (non-hydrogen) atoms. The topological polar surface area (TPSA) is 68.2 Å². The standard InChI is InChI=1S/C19H32O5Si/c1-19(2,3)25(4,5)23-13-16-18(21)15(20)11-17(24-16)22-12-14-9-7-6-8-10-14/h6-10,15-18,20-21H,11-13H2,1-5H3/t15-,16+,17+,18-/m1/s1. The Labute approximate surface area is 152 Å². The summed E-state index contributed by atoms with van der Waals surface area (Å²) >= 11 is 0. The average molecular weight is 369 g/mol. The number of benzene rings is 1. The van der Waals surface area contributed by atoms with E-state index in [0.29, 0.717) is 6.61 Å². The summed E-state index contributed by atoms with van der Waals surface area (Å²) < 4.78 is 17.8. The molecule has 2 rings (SSSR count). The van der Waals surface area contributed by atoms with Crippen molar-refractivity contribution >= 4 is 8.32 Å². The van der Waals surface area contributed by atoms with E-state index >= 15 is 0 Å². The van der Waals surface area contributed by atoms with Crippen molar-refractivity contribution in [1.82, 2.24) is 0 Å². The van der Waals surface area contributed by atoms with Gasteiger partial charge in [0.1, 0.15) is 12.2 Å². The smallest absolute Gasteiger partial charge is 0.192 e. The second-order valence-corrected chi connectivity index (χ2v) is 13.1. The molecule has 1 aliphatic rings. The SMILES string of the molecule is CC(C)(C)[Si](C)(C)OC[C@@H]1O[C@H](OCc2ccccc2)C[C@@H](O)[C@H]1O. The third-order valence-corrected chi connectivity index (χ3v) is 9.73. The van der Waals surface area contributed by atoms with E-state index < -0.39 is 32.9 Å². The first-order valence-electron chi connectivity index (χ1n) is 8.91. The van der Waals surface area contributed by atoms with Gasteiger partial charge in [-0.2, -0.15) is 0 Å². The molecule has 0 bridgehead atoms. The van der Waals surface area contributed by atoms with Crippen LogP contribution in [-0.4, -0.2) is 49.7 Å². The third-order valence-electron chi connectivity index (χ3n) is 5.23. The van der Waals surface area contributed by atoms with Crippen molar-refractivity contribution in [2.75, 3.05) is 6.61 Å². The fraction of sp³-hybridized carbons (Fsp3) is 0.684. The normalized spacial score (nSPS) is 28.1. The lowest BCUT2D eigenvalue weighted by Gasteiger charge is -2.41. The zero-order chi connectivity index (χ0) is 18.7. The summed E-state index contributed by atoms with van der Waals surface area (Å²) in [7, 11) is -1.95. The molecule has 1 aromatic rings. The summed E-state index contributed by atoms with van der Waals surface area (Å²) in [4.78, 5) is 0. The van der Waals surface area contributed by atoms with Gasteiger partial charge in [0.15, 0.2) is 14.6 Å². The molecule has 1 aromatic carbocycles. The zero-order valence-electron chi connectivity index (χ0n) is 15.9. The molecule has 0 spiro atoms. The first kappa shape index (κ1) is 20.5. The van der Waals surface area contributed by atoms with Crippen LogP contribution in [0.25, 0.3) is 0 Å². The largest absolute Gasteiger partial charge is 0.414 e. The highest BCUT2D eigenvalue weighted by Gasteiger charge is 2.41. The van der Waals surface area contributed by atoms with E-state index in [9.17, 15) is 10.2 Å². The van der Waals surface area contributed by atoms with Gasteiger partial charge in [-0.3, -0.25) is 0 Å². The first-order valence-corrected chi connectivity index (χ1v) is 11.8. The van der Waals surface area contributed by atoms with Crippen LogP contribution in [-0.2, 0) is 20.5 Å². The van der Waals surface area contributed by atoms with Crippen molar-refractivity contribution in [3.8, 4) is 0 Å². The molecule has 1 heterocycles. The Morgan fingerprint density at radius 2 is 1.80 bits per heavy atom. The molecule has 0 aromatic heterocycles. The van der Waals surface area contributed by atoms with Crippen LogP contribution in [0.1, 0.15) is 32.8 Å². The second kappa shape index (κ2) is 8.29. The molecule has 0 radical (unpaired) electrons. The van der Waals surface area contributed by atoms with Crippen molar-refractivity contribution in [3.05, 3.63) is 35.9 Å². The van der Waals surface area contributed by atoms with Gasteiger partial charge in [0.2, 0.25) is 0 Å². The van der Waals surface area contributed by atoms with Crippen molar-refractivity contribution in [3.63, 3.8) is 0 Å². The van der Waals surface area contributed by atoms with Crippen LogP contribution in [0.3, 0.4) is 0 Å².